The predicted octanol–water partition coefficient (Wildman–Crippen LogP) is 2.56. The Morgan fingerprint density at radius 3 is 2.47 bits per heavy atom. The first-order chi connectivity index (χ1) is 6.93. The third-order valence-electron chi connectivity index (χ3n) is 2.40. The summed E-state index contributed by atoms with van der Waals surface area (Å²) in [5.41, 5.74) is 7.39. The molecule has 1 aromatic rings. The summed E-state index contributed by atoms with van der Waals surface area (Å²) in [6.07, 6.45) is -1.06. The predicted molar refractivity (Wildman–Crippen MR) is 58.7 cm³/mol. The minimum Gasteiger partial charge on any atom is -0.321 e. The van der Waals surface area contributed by atoms with Crippen molar-refractivity contribution in [3.05, 3.63) is 34.9 Å². The molecule has 15 heavy (non-hydrogen) atoms. The van der Waals surface area contributed by atoms with Gasteiger partial charge in [0.15, 0.2) is 5.78 Å². The summed E-state index contributed by atoms with van der Waals surface area (Å²) in [7, 11) is 0. The normalized spacial score (nSPS) is 14.7. The molecule has 0 heterocycles. The Bertz CT molecular complexity index is 372. The van der Waals surface area contributed by atoms with Crippen molar-refractivity contribution in [3.8, 4) is 0 Å². The van der Waals surface area contributed by atoms with Crippen molar-refractivity contribution in [1.82, 2.24) is 0 Å². The SMILES string of the molecule is Cc1ccc(C(C)F)cc1C(=O)C(C)N. The summed E-state index contributed by atoms with van der Waals surface area (Å²) in [5.74, 6) is -0.144. The van der Waals surface area contributed by atoms with Crippen molar-refractivity contribution in [2.75, 3.05) is 0 Å². The van der Waals surface area contributed by atoms with Crippen molar-refractivity contribution >= 4 is 5.78 Å². The molecule has 0 aliphatic heterocycles. The number of carbonyl (C=O) groups is 1. The van der Waals surface area contributed by atoms with Gasteiger partial charge in [0.25, 0.3) is 0 Å². The molecule has 0 radical (unpaired) electrons. The van der Waals surface area contributed by atoms with Crippen LogP contribution in [0.1, 0.15) is 41.5 Å². The smallest absolute Gasteiger partial charge is 0.179 e. The van der Waals surface area contributed by atoms with Crippen LogP contribution in [0.2, 0.25) is 0 Å². The maximum atomic E-state index is 13.1. The monoisotopic (exact) mass is 209 g/mol. The summed E-state index contributed by atoms with van der Waals surface area (Å²) in [6.45, 7) is 4.90. The molecule has 0 spiro atoms. The molecule has 0 aliphatic carbocycles. The van der Waals surface area contributed by atoms with E-state index in [9.17, 15) is 9.18 Å². The first-order valence-corrected chi connectivity index (χ1v) is 4.98. The molecule has 1 aromatic carbocycles. The molecule has 0 saturated carbocycles. The van der Waals surface area contributed by atoms with Crippen LogP contribution in [-0.4, -0.2) is 11.8 Å². The third-order valence-corrected chi connectivity index (χ3v) is 2.40. The van der Waals surface area contributed by atoms with Crippen molar-refractivity contribution < 1.29 is 9.18 Å². The molecule has 2 nitrogen and oxygen atoms in total. The number of carbonyl (C=O) groups excluding carboxylic acids is 1. The molecule has 2 atom stereocenters. The van der Waals surface area contributed by atoms with Crippen LogP contribution in [0.25, 0.3) is 0 Å². The van der Waals surface area contributed by atoms with Gasteiger partial charge in [-0.05, 0) is 38.0 Å². The van der Waals surface area contributed by atoms with E-state index in [1.54, 1.807) is 25.1 Å². The van der Waals surface area contributed by atoms with Crippen molar-refractivity contribution in [2.45, 2.75) is 33.0 Å². The number of aryl methyl sites for hydroxylation is 1. The van der Waals surface area contributed by atoms with Crippen LogP contribution >= 0.6 is 0 Å². The molecule has 1 rings (SSSR count). The molecule has 0 saturated heterocycles. The molecule has 0 aromatic heterocycles. The lowest BCUT2D eigenvalue weighted by molar-refractivity contribution is 0.0967. The molecule has 3 heteroatoms. The molecular formula is C12H16FNO. The largest absolute Gasteiger partial charge is 0.321 e. The molecule has 2 unspecified atom stereocenters. The average molecular weight is 209 g/mol. The molecule has 0 amide bonds. The maximum Gasteiger partial charge on any atom is 0.179 e. The number of halogens is 1. The lowest BCUT2D eigenvalue weighted by Crippen LogP contribution is -2.27. The summed E-state index contributed by atoms with van der Waals surface area (Å²) in [6, 6.07) is 4.49. The Kier molecular flexibility index (Phi) is 3.58. The van der Waals surface area contributed by atoms with Gasteiger partial charge >= 0.3 is 0 Å². The van der Waals surface area contributed by atoms with E-state index in [2.05, 4.69) is 0 Å². The minimum atomic E-state index is -1.06. The summed E-state index contributed by atoms with van der Waals surface area (Å²) < 4.78 is 13.1. The molecule has 0 bridgehead atoms. The zero-order chi connectivity index (χ0) is 11.6. The van der Waals surface area contributed by atoms with E-state index in [1.165, 1.54) is 6.92 Å². The van der Waals surface area contributed by atoms with Gasteiger partial charge in [0.05, 0.1) is 6.04 Å². The van der Waals surface area contributed by atoms with Crippen LogP contribution < -0.4 is 5.73 Å². The number of benzene rings is 1. The first kappa shape index (κ1) is 11.9. The molecule has 2 N–H and O–H groups in total. The van der Waals surface area contributed by atoms with Crippen LogP contribution in [-0.2, 0) is 0 Å². The van der Waals surface area contributed by atoms with Gasteiger partial charge in [0.2, 0.25) is 0 Å². The Morgan fingerprint density at radius 1 is 1.40 bits per heavy atom. The summed E-state index contributed by atoms with van der Waals surface area (Å²) in [4.78, 5) is 11.7. The van der Waals surface area contributed by atoms with Crippen LogP contribution in [0.4, 0.5) is 4.39 Å². The fourth-order valence-corrected chi connectivity index (χ4v) is 1.40. The third kappa shape index (κ3) is 2.63. The fourth-order valence-electron chi connectivity index (χ4n) is 1.40. The molecule has 0 fully saturated rings. The van der Waals surface area contributed by atoms with E-state index in [-0.39, 0.29) is 5.78 Å². The fraction of sp³-hybridized carbons (Fsp3) is 0.417. The average Bonchev–Trinajstić information content (AvgIpc) is 2.16. The quantitative estimate of drug-likeness (QED) is 0.777. The highest BCUT2D eigenvalue weighted by Gasteiger charge is 2.15. The van der Waals surface area contributed by atoms with E-state index >= 15 is 0 Å². The number of alkyl halides is 1. The Morgan fingerprint density at radius 2 is 2.00 bits per heavy atom. The minimum absolute atomic E-state index is 0.144. The maximum absolute atomic E-state index is 13.1. The second kappa shape index (κ2) is 4.53. The van der Waals surface area contributed by atoms with Crippen LogP contribution in [0, 0.1) is 6.92 Å². The summed E-state index contributed by atoms with van der Waals surface area (Å²) in [5, 5.41) is 0. The van der Waals surface area contributed by atoms with Gasteiger partial charge in [0, 0.05) is 5.56 Å². The van der Waals surface area contributed by atoms with Gasteiger partial charge in [-0.3, -0.25) is 4.79 Å². The van der Waals surface area contributed by atoms with Gasteiger partial charge in [-0.1, -0.05) is 12.1 Å². The van der Waals surface area contributed by atoms with Gasteiger partial charge < -0.3 is 5.73 Å². The molecule has 0 aliphatic rings. The van der Waals surface area contributed by atoms with Crippen molar-refractivity contribution in [2.24, 2.45) is 5.73 Å². The van der Waals surface area contributed by atoms with Gasteiger partial charge in [0.1, 0.15) is 6.17 Å². The number of Topliss-reactive ketones (excluding diaryl/α,β-unsaturated/α-hetero) is 1. The first-order valence-electron chi connectivity index (χ1n) is 4.98. The highest BCUT2D eigenvalue weighted by atomic mass is 19.1. The number of ketones is 1. The van der Waals surface area contributed by atoms with E-state index in [0.717, 1.165) is 5.56 Å². The Labute approximate surface area is 89.3 Å². The van der Waals surface area contributed by atoms with Gasteiger partial charge in [-0.2, -0.15) is 0 Å². The molecule has 82 valence electrons. The zero-order valence-corrected chi connectivity index (χ0v) is 9.25. The van der Waals surface area contributed by atoms with Gasteiger partial charge in [-0.15, -0.1) is 0 Å². The Balaban J connectivity index is 3.16. The lowest BCUT2D eigenvalue weighted by atomic mass is 9.97. The second-order valence-corrected chi connectivity index (χ2v) is 3.84. The van der Waals surface area contributed by atoms with Crippen molar-refractivity contribution in [1.29, 1.82) is 0 Å². The van der Waals surface area contributed by atoms with E-state index in [1.807, 2.05) is 6.92 Å². The zero-order valence-electron chi connectivity index (χ0n) is 9.25. The van der Waals surface area contributed by atoms with E-state index in [0.29, 0.717) is 11.1 Å². The van der Waals surface area contributed by atoms with Crippen molar-refractivity contribution in [3.63, 3.8) is 0 Å². The van der Waals surface area contributed by atoms with Crippen LogP contribution in [0.5, 0.6) is 0 Å². The number of hydrogen-bond donors (Lipinski definition) is 1. The van der Waals surface area contributed by atoms with Crippen LogP contribution in [0.15, 0.2) is 18.2 Å². The Hall–Kier alpha value is -1.22. The van der Waals surface area contributed by atoms with E-state index in [4.69, 9.17) is 5.73 Å². The highest BCUT2D eigenvalue weighted by molar-refractivity contribution is 6.01. The summed E-state index contributed by atoms with van der Waals surface area (Å²) >= 11 is 0. The number of hydrogen-bond acceptors (Lipinski definition) is 2. The number of nitrogens with two attached hydrogens (primary N) is 1. The molecular weight excluding hydrogens is 193 g/mol. The van der Waals surface area contributed by atoms with Gasteiger partial charge in [-0.25, -0.2) is 4.39 Å². The standard InChI is InChI=1S/C12H16FNO/c1-7-4-5-10(8(2)13)6-11(7)12(15)9(3)14/h4-6,8-9H,14H2,1-3H3. The number of rotatable bonds is 3. The topological polar surface area (TPSA) is 43.1 Å². The van der Waals surface area contributed by atoms with E-state index < -0.39 is 12.2 Å². The second-order valence-electron chi connectivity index (χ2n) is 3.84. The lowest BCUT2D eigenvalue weighted by Gasteiger charge is -2.10. The van der Waals surface area contributed by atoms with Crippen LogP contribution in [0.3, 0.4) is 0 Å². The highest BCUT2D eigenvalue weighted by Crippen LogP contribution is 2.20.